The van der Waals surface area contributed by atoms with Gasteiger partial charge in [-0.2, -0.15) is 0 Å². The van der Waals surface area contributed by atoms with Crippen LogP contribution in [0.5, 0.6) is 0 Å². The molecule has 0 saturated carbocycles. The van der Waals surface area contributed by atoms with Gasteiger partial charge in [0.2, 0.25) is 0 Å². The van der Waals surface area contributed by atoms with Crippen LogP contribution in [-0.2, 0) is 11.8 Å². The van der Waals surface area contributed by atoms with Crippen molar-refractivity contribution in [2.45, 2.75) is 25.7 Å². The summed E-state index contributed by atoms with van der Waals surface area (Å²) in [6.45, 7) is 5.43. The molecular weight excluding hydrogens is 289 g/mol. The van der Waals surface area contributed by atoms with Crippen molar-refractivity contribution in [3.05, 3.63) is 71.5 Å². The molecule has 0 fully saturated rings. The summed E-state index contributed by atoms with van der Waals surface area (Å²) in [7, 11) is 0. The molecule has 0 aliphatic carbocycles. The van der Waals surface area contributed by atoms with Crippen molar-refractivity contribution >= 4 is 5.96 Å². The van der Waals surface area contributed by atoms with Gasteiger partial charge in [0, 0.05) is 12.0 Å². The topological polar surface area (TPSA) is 50.4 Å². The van der Waals surface area contributed by atoms with Gasteiger partial charge in [-0.25, -0.2) is 4.39 Å². The molecule has 0 aliphatic heterocycles. The Morgan fingerprint density at radius 3 is 2.39 bits per heavy atom. The van der Waals surface area contributed by atoms with Crippen molar-refractivity contribution < 1.29 is 4.39 Å². The van der Waals surface area contributed by atoms with Crippen LogP contribution in [0.1, 0.15) is 25.0 Å². The van der Waals surface area contributed by atoms with E-state index in [9.17, 15) is 4.39 Å². The first-order valence-electron chi connectivity index (χ1n) is 7.81. The first-order valence-corrected chi connectivity index (χ1v) is 7.81. The predicted octanol–water partition coefficient (Wildman–Crippen LogP) is 3.25. The molecule has 3 nitrogen and oxygen atoms in total. The zero-order chi connectivity index (χ0) is 16.7. The lowest BCUT2D eigenvalue weighted by Gasteiger charge is -2.23. The van der Waals surface area contributed by atoms with E-state index in [1.54, 1.807) is 12.1 Å². The van der Waals surface area contributed by atoms with Crippen LogP contribution in [0.2, 0.25) is 0 Å². The molecule has 0 aliphatic rings. The summed E-state index contributed by atoms with van der Waals surface area (Å²) in [5.74, 6) is 0.214. The SMILES string of the molecule is CC(C)(CN=C(N)NCCc1ccccc1)c1ccc(F)cc1. The van der Waals surface area contributed by atoms with E-state index in [-0.39, 0.29) is 11.2 Å². The van der Waals surface area contributed by atoms with Gasteiger partial charge in [0.25, 0.3) is 0 Å². The normalized spacial score (nSPS) is 12.2. The van der Waals surface area contributed by atoms with Crippen molar-refractivity contribution in [2.24, 2.45) is 10.7 Å². The number of nitrogens with two attached hydrogens (primary N) is 1. The van der Waals surface area contributed by atoms with Gasteiger partial charge < -0.3 is 11.1 Å². The third-order valence-corrected chi connectivity index (χ3v) is 3.83. The van der Waals surface area contributed by atoms with Gasteiger partial charge >= 0.3 is 0 Å². The minimum Gasteiger partial charge on any atom is -0.370 e. The molecular formula is C19H24FN3. The van der Waals surface area contributed by atoms with Crippen LogP contribution in [0.4, 0.5) is 4.39 Å². The van der Waals surface area contributed by atoms with Crippen LogP contribution in [0.15, 0.2) is 59.6 Å². The van der Waals surface area contributed by atoms with Crippen molar-refractivity contribution in [1.29, 1.82) is 0 Å². The van der Waals surface area contributed by atoms with Gasteiger partial charge in [-0.15, -0.1) is 0 Å². The molecule has 0 amide bonds. The second-order valence-corrected chi connectivity index (χ2v) is 6.25. The van der Waals surface area contributed by atoms with Crippen LogP contribution in [-0.4, -0.2) is 19.0 Å². The van der Waals surface area contributed by atoms with Crippen LogP contribution < -0.4 is 11.1 Å². The average Bonchev–Trinajstić information content (AvgIpc) is 2.54. The van der Waals surface area contributed by atoms with E-state index in [1.807, 2.05) is 18.2 Å². The molecule has 2 rings (SSSR count). The Morgan fingerprint density at radius 1 is 1.09 bits per heavy atom. The second kappa shape index (κ2) is 7.77. The van der Waals surface area contributed by atoms with E-state index < -0.39 is 0 Å². The third-order valence-electron chi connectivity index (χ3n) is 3.83. The van der Waals surface area contributed by atoms with Crippen LogP contribution in [0.3, 0.4) is 0 Å². The molecule has 0 aromatic heterocycles. The molecule has 2 aromatic carbocycles. The second-order valence-electron chi connectivity index (χ2n) is 6.25. The molecule has 0 radical (unpaired) electrons. The number of guanidine groups is 1. The fourth-order valence-electron chi connectivity index (χ4n) is 2.31. The number of benzene rings is 2. The summed E-state index contributed by atoms with van der Waals surface area (Å²) in [5, 5.41) is 3.13. The van der Waals surface area contributed by atoms with Gasteiger partial charge in [-0.1, -0.05) is 56.3 Å². The van der Waals surface area contributed by atoms with E-state index in [0.29, 0.717) is 12.5 Å². The fraction of sp³-hybridized carbons (Fsp3) is 0.316. The maximum atomic E-state index is 13.0. The molecule has 0 bridgehead atoms. The van der Waals surface area contributed by atoms with E-state index in [2.05, 4.69) is 36.3 Å². The molecule has 2 aromatic rings. The van der Waals surface area contributed by atoms with Crippen LogP contribution in [0, 0.1) is 5.82 Å². The highest BCUT2D eigenvalue weighted by atomic mass is 19.1. The van der Waals surface area contributed by atoms with E-state index in [4.69, 9.17) is 5.73 Å². The number of nitrogens with zero attached hydrogens (tertiary/aromatic N) is 1. The Labute approximate surface area is 137 Å². The number of hydrogen-bond acceptors (Lipinski definition) is 1. The molecule has 3 N–H and O–H groups in total. The third kappa shape index (κ3) is 5.40. The largest absolute Gasteiger partial charge is 0.370 e. The summed E-state index contributed by atoms with van der Waals surface area (Å²) >= 11 is 0. The molecule has 0 saturated heterocycles. The lowest BCUT2D eigenvalue weighted by atomic mass is 9.85. The van der Waals surface area contributed by atoms with E-state index >= 15 is 0 Å². The van der Waals surface area contributed by atoms with Crippen molar-refractivity contribution in [3.63, 3.8) is 0 Å². The highest BCUT2D eigenvalue weighted by molar-refractivity contribution is 5.77. The Balaban J connectivity index is 1.84. The van der Waals surface area contributed by atoms with E-state index in [0.717, 1.165) is 18.5 Å². The smallest absolute Gasteiger partial charge is 0.188 e. The average molecular weight is 313 g/mol. The first-order chi connectivity index (χ1) is 11.0. The van der Waals surface area contributed by atoms with E-state index in [1.165, 1.54) is 17.7 Å². The molecule has 122 valence electrons. The highest BCUT2D eigenvalue weighted by Gasteiger charge is 2.20. The summed E-state index contributed by atoms with van der Waals surface area (Å²) in [6.07, 6.45) is 0.901. The molecule has 4 heteroatoms. The van der Waals surface area contributed by atoms with Crippen molar-refractivity contribution in [3.8, 4) is 0 Å². The predicted molar refractivity (Wildman–Crippen MR) is 94.1 cm³/mol. The number of aliphatic imine (C=N–C) groups is 1. The van der Waals surface area contributed by atoms with Gasteiger partial charge in [-0.3, -0.25) is 4.99 Å². The lowest BCUT2D eigenvalue weighted by Crippen LogP contribution is -2.35. The molecule has 0 spiro atoms. The summed E-state index contributed by atoms with van der Waals surface area (Å²) in [6, 6.07) is 16.8. The summed E-state index contributed by atoms with van der Waals surface area (Å²) < 4.78 is 13.0. The fourth-order valence-corrected chi connectivity index (χ4v) is 2.31. The summed E-state index contributed by atoms with van der Waals surface area (Å²) in [4.78, 5) is 4.42. The maximum absolute atomic E-state index is 13.0. The van der Waals surface area contributed by atoms with Crippen LogP contribution in [0.25, 0.3) is 0 Å². The molecule has 23 heavy (non-hydrogen) atoms. The van der Waals surface area contributed by atoms with Crippen molar-refractivity contribution in [2.75, 3.05) is 13.1 Å². The Bertz CT molecular complexity index is 633. The lowest BCUT2D eigenvalue weighted by molar-refractivity contribution is 0.536. The Kier molecular flexibility index (Phi) is 5.74. The first kappa shape index (κ1) is 17.0. The quantitative estimate of drug-likeness (QED) is 0.635. The monoisotopic (exact) mass is 313 g/mol. The standard InChI is InChI=1S/C19H24FN3/c1-19(2,16-8-10-17(20)11-9-16)14-23-18(21)22-13-12-15-6-4-3-5-7-15/h3-11H,12-14H2,1-2H3,(H3,21,22,23). The van der Waals surface area contributed by atoms with Crippen LogP contribution >= 0.6 is 0 Å². The minimum absolute atomic E-state index is 0.195. The molecule has 0 heterocycles. The number of hydrogen-bond donors (Lipinski definition) is 2. The minimum atomic E-state index is -0.227. The zero-order valence-corrected chi connectivity index (χ0v) is 13.7. The Hall–Kier alpha value is -2.36. The van der Waals surface area contributed by atoms with Gasteiger partial charge in [0.05, 0.1) is 6.54 Å². The van der Waals surface area contributed by atoms with Gasteiger partial charge in [-0.05, 0) is 29.7 Å². The van der Waals surface area contributed by atoms with Gasteiger partial charge in [0.1, 0.15) is 5.82 Å². The van der Waals surface area contributed by atoms with Crippen molar-refractivity contribution in [1.82, 2.24) is 5.32 Å². The number of rotatable bonds is 6. The highest BCUT2D eigenvalue weighted by Crippen LogP contribution is 2.23. The van der Waals surface area contributed by atoms with Gasteiger partial charge in [0.15, 0.2) is 5.96 Å². The maximum Gasteiger partial charge on any atom is 0.188 e. The molecule has 0 atom stereocenters. The Morgan fingerprint density at radius 2 is 1.74 bits per heavy atom. The number of halogens is 1. The molecule has 0 unspecified atom stereocenters. The summed E-state index contributed by atoms with van der Waals surface area (Å²) in [5.41, 5.74) is 8.04. The zero-order valence-electron chi connectivity index (χ0n) is 13.7. The number of nitrogens with one attached hydrogen (secondary N) is 1.